The molecule has 2 N–H and O–H groups in total. The lowest BCUT2D eigenvalue weighted by Crippen LogP contribution is -2.18. The molecule has 0 bridgehead atoms. The minimum Gasteiger partial charge on any atom is -0.248 e. The molecule has 0 spiro atoms. The highest BCUT2D eigenvalue weighted by Crippen LogP contribution is 2.20. The highest BCUT2D eigenvalue weighted by Gasteiger charge is 2.19. The van der Waals surface area contributed by atoms with Crippen molar-refractivity contribution in [1.82, 2.24) is 4.98 Å². The second kappa shape index (κ2) is 2.88. The number of nitrogens with two attached hydrogens (primary N) is 1. The summed E-state index contributed by atoms with van der Waals surface area (Å²) in [6, 6.07) is 0. The Kier molecular flexibility index (Phi) is 2.26. The van der Waals surface area contributed by atoms with E-state index < -0.39 is 15.3 Å². The smallest absolute Gasteiger partial charge is 0.218 e. The van der Waals surface area contributed by atoms with Crippen LogP contribution in [0.4, 0.5) is 0 Å². The summed E-state index contributed by atoms with van der Waals surface area (Å²) < 4.78 is 21.5. The van der Waals surface area contributed by atoms with Gasteiger partial charge in [0.2, 0.25) is 10.0 Å². The van der Waals surface area contributed by atoms with E-state index in [1.54, 1.807) is 11.6 Å². The van der Waals surface area contributed by atoms with Gasteiger partial charge >= 0.3 is 0 Å². The Balaban J connectivity index is 2.97. The molecule has 11 heavy (non-hydrogen) atoms. The highest BCUT2D eigenvalue weighted by molar-refractivity contribution is 7.89. The summed E-state index contributed by atoms with van der Waals surface area (Å²) in [6.07, 6.45) is 1.56. The first-order valence-electron chi connectivity index (χ1n) is 2.93. The van der Waals surface area contributed by atoms with E-state index in [2.05, 4.69) is 4.98 Å². The number of aromatic nitrogens is 1. The SMILES string of the molecule is CC(c1nccs1)S(N)(=O)=O. The van der Waals surface area contributed by atoms with Gasteiger partial charge in [-0.25, -0.2) is 18.5 Å². The van der Waals surface area contributed by atoms with Gasteiger partial charge in [0.05, 0.1) is 0 Å². The Morgan fingerprint density at radius 2 is 2.36 bits per heavy atom. The molecule has 1 heterocycles. The molecule has 0 radical (unpaired) electrons. The van der Waals surface area contributed by atoms with Crippen LogP contribution in [0.5, 0.6) is 0 Å². The molecule has 6 heteroatoms. The molecular weight excluding hydrogens is 184 g/mol. The topological polar surface area (TPSA) is 73.0 Å². The fourth-order valence-electron chi connectivity index (χ4n) is 0.576. The van der Waals surface area contributed by atoms with E-state index in [4.69, 9.17) is 5.14 Å². The zero-order valence-corrected chi connectivity index (χ0v) is 7.52. The molecule has 62 valence electrons. The molecule has 4 nitrogen and oxygen atoms in total. The lowest BCUT2D eigenvalue weighted by molar-refractivity contribution is 0.587. The lowest BCUT2D eigenvalue weighted by Gasteiger charge is -2.02. The monoisotopic (exact) mass is 192 g/mol. The third-order valence-electron chi connectivity index (χ3n) is 1.29. The van der Waals surface area contributed by atoms with E-state index >= 15 is 0 Å². The Hall–Kier alpha value is -0.460. The van der Waals surface area contributed by atoms with Crippen LogP contribution in [0, 0.1) is 0 Å². The van der Waals surface area contributed by atoms with Crippen LogP contribution < -0.4 is 5.14 Å². The van der Waals surface area contributed by atoms with Crippen molar-refractivity contribution in [2.45, 2.75) is 12.2 Å². The molecule has 1 rings (SSSR count). The third-order valence-corrected chi connectivity index (χ3v) is 3.61. The summed E-state index contributed by atoms with van der Waals surface area (Å²) in [7, 11) is -3.48. The van der Waals surface area contributed by atoms with E-state index in [1.807, 2.05) is 0 Å². The number of thiazole rings is 1. The summed E-state index contributed by atoms with van der Waals surface area (Å²) in [4.78, 5) is 3.84. The average Bonchev–Trinajstić information content (AvgIpc) is 2.34. The van der Waals surface area contributed by atoms with Crippen LogP contribution >= 0.6 is 11.3 Å². The van der Waals surface area contributed by atoms with Gasteiger partial charge in [0.25, 0.3) is 0 Å². The number of hydrogen-bond acceptors (Lipinski definition) is 4. The average molecular weight is 192 g/mol. The maximum Gasteiger partial charge on any atom is 0.218 e. The van der Waals surface area contributed by atoms with Crippen LogP contribution in [0.1, 0.15) is 17.2 Å². The zero-order chi connectivity index (χ0) is 8.48. The predicted molar refractivity (Wildman–Crippen MR) is 43.6 cm³/mol. The van der Waals surface area contributed by atoms with Crippen molar-refractivity contribution >= 4 is 21.4 Å². The van der Waals surface area contributed by atoms with Crippen LogP contribution in [0.2, 0.25) is 0 Å². The van der Waals surface area contributed by atoms with Gasteiger partial charge in [0.15, 0.2) is 0 Å². The molecular formula is C5H8N2O2S2. The highest BCUT2D eigenvalue weighted by atomic mass is 32.2. The van der Waals surface area contributed by atoms with Gasteiger partial charge in [-0.3, -0.25) is 0 Å². The number of hydrogen-bond donors (Lipinski definition) is 1. The molecule has 0 saturated heterocycles. The fraction of sp³-hybridized carbons (Fsp3) is 0.400. The van der Waals surface area contributed by atoms with Crippen molar-refractivity contribution in [2.24, 2.45) is 5.14 Å². The van der Waals surface area contributed by atoms with Crippen molar-refractivity contribution in [3.63, 3.8) is 0 Å². The summed E-state index contributed by atoms with van der Waals surface area (Å²) >= 11 is 1.29. The third kappa shape index (κ3) is 1.98. The van der Waals surface area contributed by atoms with Crippen LogP contribution in [-0.4, -0.2) is 13.4 Å². The van der Waals surface area contributed by atoms with Crippen LogP contribution in [0.25, 0.3) is 0 Å². The van der Waals surface area contributed by atoms with Gasteiger partial charge in [-0.05, 0) is 6.92 Å². The number of nitrogens with zero attached hydrogens (tertiary/aromatic N) is 1. The molecule has 0 aliphatic heterocycles. The van der Waals surface area contributed by atoms with Gasteiger partial charge in [-0.1, -0.05) is 0 Å². The second-order valence-corrected chi connectivity index (χ2v) is 4.91. The molecule has 0 fully saturated rings. The Morgan fingerprint density at radius 1 is 1.73 bits per heavy atom. The quantitative estimate of drug-likeness (QED) is 0.741. The Morgan fingerprint density at radius 3 is 2.73 bits per heavy atom. The second-order valence-electron chi connectivity index (χ2n) is 2.10. The van der Waals surface area contributed by atoms with E-state index in [0.29, 0.717) is 5.01 Å². The first-order valence-corrected chi connectivity index (χ1v) is 5.41. The zero-order valence-electron chi connectivity index (χ0n) is 5.89. The molecule has 0 saturated carbocycles. The summed E-state index contributed by atoms with van der Waals surface area (Å²) in [5.74, 6) is 0. The maximum atomic E-state index is 10.8. The van der Waals surface area contributed by atoms with Crippen molar-refractivity contribution in [3.8, 4) is 0 Å². The minimum absolute atomic E-state index is 0.535. The van der Waals surface area contributed by atoms with Crippen LogP contribution in [0.15, 0.2) is 11.6 Å². The summed E-state index contributed by atoms with van der Waals surface area (Å²) in [6.45, 7) is 1.52. The first kappa shape index (κ1) is 8.63. The summed E-state index contributed by atoms with van der Waals surface area (Å²) in [5, 5.41) is 6.47. The molecule has 1 aromatic rings. The minimum atomic E-state index is -3.48. The number of sulfonamides is 1. The van der Waals surface area contributed by atoms with Gasteiger partial charge < -0.3 is 0 Å². The van der Waals surface area contributed by atoms with Crippen LogP contribution in [-0.2, 0) is 10.0 Å². The Labute approximate surface area is 69.1 Å². The summed E-state index contributed by atoms with van der Waals surface area (Å²) in [5.41, 5.74) is 0. The van der Waals surface area contributed by atoms with Gasteiger partial charge in [0, 0.05) is 11.6 Å². The standard InChI is InChI=1S/C5H8N2O2S2/c1-4(11(6,8)9)5-7-2-3-10-5/h2-4H,1H3,(H2,6,8,9). The Bertz CT molecular complexity index is 316. The van der Waals surface area contributed by atoms with Gasteiger partial charge in [-0.2, -0.15) is 0 Å². The van der Waals surface area contributed by atoms with Crippen molar-refractivity contribution < 1.29 is 8.42 Å². The number of rotatable bonds is 2. The lowest BCUT2D eigenvalue weighted by atomic mass is 10.5. The first-order chi connectivity index (χ1) is 5.02. The van der Waals surface area contributed by atoms with Crippen molar-refractivity contribution in [3.05, 3.63) is 16.6 Å². The largest absolute Gasteiger partial charge is 0.248 e. The van der Waals surface area contributed by atoms with Crippen molar-refractivity contribution in [2.75, 3.05) is 0 Å². The van der Waals surface area contributed by atoms with E-state index in [9.17, 15) is 8.42 Å². The predicted octanol–water partition coefficient (Wildman–Crippen LogP) is 0.493. The van der Waals surface area contributed by atoms with E-state index in [-0.39, 0.29) is 0 Å². The maximum absolute atomic E-state index is 10.8. The molecule has 0 aromatic carbocycles. The molecule has 0 amide bonds. The van der Waals surface area contributed by atoms with Crippen molar-refractivity contribution in [1.29, 1.82) is 0 Å². The molecule has 0 aliphatic rings. The number of primary sulfonamides is 1. The van der Waals surface area contributed by atoms with E-state index in [1.165, 1.54) is 18.3 Å². The van der Waals surface area contributed by atoms with Gasteiger partial charge in [-0.15, -0.1) is 11.3 Å². The van der Waals surface area contributed by atoms with E-state index in [0.717, 1.165) is 0 Å². The molecule has 1 unspecified atom stereocenters. The molecule has 1 aromatic heterocycles. The molecule has 0 aliphatic carbocycles. The van der Waals surface area contributed by atoms with Crippen LogP contribution in [0.3, 0.4) is 0 Å². The molecule has 1 atom stereocenters. The normalized spacial score (nSPS) is 14.7. The fourth-order valence-corrected chi connectivity index (χ4v) is 2.06. The van der Waals surface area contributed by atoms with Gasteiger partial charge in [0.1, 0.15) is 10.3 Å².